The summed E-state index contributed by atoms with van der Waals surface area (Å²) in [4.78, 5) is 12.9. The fourth-order valence-corrected chi connectivity index (χ4v) is 2.31. The topological polar surface area (TPSA) is 41.6 Å². The molecule has 1 aliphatic rings. The van der Waals surface area contributed by atoms with Crippen molar-refractivity contribution in [3.63, 3.8) is 0 Å². The van der Waals surface area contributed by atoms with Gasteiger partial charge in [0.15, 0.2) is 0 Å². The molecule has 4 nitrogen and oxygen atoms in total. The van der Waals surface area contributed by atoms with Crippen LogP contribution in [0.4, 0.5) is 28.0 Å². The maximum atomic E-state index is 13.5. The summed E-state index contributed by atoms with van der Waals surface area (Å²) in [6.45, 7) is -0.782. The molecule has 22 heavy (non-hydrogen) atoms. The quantitative estimate of drug-likeness (QED) is 0.867. The van der Waals surface area contributed by atoms with Gasteiger partial charge in [-0.2, -0.15) is 13.2 Å². The summed E-state index contributed by atoms with van der Waals surface area (Å²) in [5, 5.41) is 2.20. The number of para-hydroxylation sites is 1. The van der Waals surface area contributed by atoms with Gasteiger partial charge in [0, 0.05) is 19.3 Å². The van der Waals surface area contributed by atoms with Crippen LogP contribution >= 0.6 is 0 Å². The summed E-state index contributed by atoms with van der Waals surface area (Å²) < 4.78 is 56.8. The number of hydrogen-bond donors (Lipinski definition) is 1. The predicted octanol–water partition coefficient (Wildman–Crippen LogP) is 3.40. The molecule has 0 spiro atoms. The second kappa shape index (κ2) is 6.95. The highest BCUT2D eigenvalue weighted by molar-refractivity contribution is 5.89. The maximum absolute atomic E-state index is 13.5. The first-order chi connectivity index (χ1) is 10.4. The Kier molecular flexibility index (Phi) is 5.23. The summed E-state index contributed by atoms with van der Waals surface area (Å²) in [7, 11) is 0. The molecule has 1 aliphatic heterocycles. The van der Waals surface area contributed by atoms with E-state index in [-0.39, 0.29) is 5.69 Å². The van der Waals surface area contributed by atoms with E-state index in [1.165, 1.54) is 18.2 Å². The first-order valence-electron chi connectivity index (χ1n) is 6.83. The van der Waals surface area contributed by atoms with Gasteiger partial charge in [-0.25, -0.2) is 9.18 Å². The summed E-state index contributed by atoms with van der Waals surface area (Å²) >= 11 is 0. The fourth-order valence-electron chi connectivity index (χ4n) is 2.31. The van der Waals surface area contributed by atoms with Crippen molar-refractivity contribution in [3.05, 3.63) is 30.1 Å². The van der Waals surface area contributed by atoms with Crippen molar-refractivity contribution in [2.75, 3.05) is 25.1 Å². The number of halogens is 4. The van der Waals surface area contributed by atoms with Crippen LogP contribution in [0, 0.1) is 5.82 Å². The summed E-state index contributed by atoms with van der Waals surface area (Å²) in [6, 6.07) is 3.79. The number of hydrogen-bond acceptors (Lipinski definition) is 2. The highest BCUT2D eigenvalue weighted by Gasteiger charge is 2.37. The normalized spacial score (nSPS) is 16.4. The Morgan fingerprint density at radius 2 is 1.91 bits per heavy atom. The first-order valence-corrected chi connectivity index (χ1v) is 6.83. The fraction of sp³-hybridized carbons (Fsp3) is 0.500. The molecule has 1 aromatic carbocycles. The number of alkyl halides is 3. The second-order valence-corrected chi connectivity index (χ2v) is 5.00. The van der Waals surface area contributed by atoms with Crippen LogP contribution < -0.4 is 5.32 Å². The molecule has 0 unspecified atom stereocenters. The lowest BCUT2D eigenvalue weighted by Crippen LogP contribution is -2.49. The van der Waals surface area contributed by atoms with Crippen LogP contribution in [0.15, 0.2) is 24.3 Å². The third kappa shape index (κ3) is 4.59. The molecule has 1 fully saturated rings. The Morgan fingerprint density at radius 3 is 2.50 bits per heavy atom. The second-order valence-electron chi connectivity index (χ2n) is 5.00. The molecular formula is C14H16F4N2O2. The molecule has 0 bridgehead atoms. The monoisotopic (exact) mass is 320 g/mol. The molecule has 0 atom stereocenters. The highest BCUT2D eigenvalue weighted by atomic mass is 19.4. The van der Waals surface area contributed by atoms with Crippen LogP contribution in [-0.4, -0.2) is 42.9 Å². The average Bonchev–Trinajstić information content (AvgIpc) is 2.47. The van der Waals surface area contributed by atoms with Gasteiger partial charge in [0.05, 0.1) is 5.69 Å². The predicted molar refractivity (Wildman–Crippen MR) is 72.0 cm³/mol. The number of nitrogens with one attached hydrogen (secondary N) is 1. The Hall–Kier alpha value is -1.83. The molecule has 2 rings (SSSR count). The standard InChI is InChI=1S/C14H16F4N2O2/c15-11-3-1-2-4-12(11)19-13(21)20(9-14(16,17)18)10-5-7-22-8-6-10/h1-4,10H,5-9H2,(H,19,21). The minimum atomic E-state index is -4.52. The third-order valence-corrected chi connectivity index (χ3v) is 3.36. The van der Waals surface area contributed by atoms with Gasteiger partial charge in [-0.1, -0.05) is 12.1 Å². The van der Waals surface area contributed by atoms with Crippen molar-refractivity contribution in [2.24, 2.45) is 0 Å². The van der Waals surface area contributed by atoms with E-state index in [4.69, 9.17) is 4.74 Å². The van der Waals surface area contributed by atoms with E-state index in [0.717, 1.165) is 6.07 Å². The van der Waals surface area contributed by atoms with Crippen molar-refractivity contribution in [1.29, 1.82) is 0 Å². The van der Waals surface area contributed by atoms with Gasteiger partial charge in [0.2, 0.25) is 0 Å². The Labute approximate surface area is 125 Å². The van der Waals surface area contributed by atoms with E-state index < -0.39 is 30.6 Å². The number of benzene rings is 1. The SMILES string of the molecule is O=C(Nc1ccccc1F)N(CC(F)(F)F)C1CCOCC1. The van der Waals surface area contributed by atoms with Crippen LogP contribution in [0.5, 0.6) is 0 Å². The van der Waals surface area contributed by atoms with Crippen molar-refractivity contribution in [3.8, 4) is 0 Å². The molecule has 8 heteroatoms. The molecule has 1 saturated heterocycles. The Balaban J connectivity index is 2.12. The highest BCUT2D eigenvalue weighted by Crippen LogP contribution is 2.23. The molecule has 2 amide bonds. The van der Waals surface area contributed by atoms with Gasteiger partial charge >= 0.3 is 12.2 Å². The van der Waals surface area contributed by atoms with E-state index >= 15 is 0 Å². The molecular weight excluding hydrogens is 304 g/mol. The number of rotatable bonds is 3. The molecule has 0 radical (unpaired) electrons. The zero-order valence-corrected chi connectivity index (χ0v) is 11.7. The van der Waals surface area contributed by atoms with Gasteiger partial charge in [-0.3, -0.25) is 0 Å². The van der Waals surface area contributed by atoms with Crippen molar-refractivity contribution < 1.29 is 27.1 Å². The molecule has 122 valence electrons. The van der Waals surface area contributed by atoms with E-state index in [1.54, 1.807) is 0 Å². The number of carbonyl (C=O) groups excluding carboxylic acids is 1. The summed E-state index contributed by atoms with van der Waals surface area (Å²) in [6.07, 6.45) is -3.88. The smallest absolute Gasteiger partial charge is 0.381 e. The van der Waals surface area contributed by atoms with Crippen LogP contribution in [0.3, 0.4) is 0 Å². The van der Waals surface area contributed by atoms with Crippen LogP contribution in [0.1, 0.15) is 12.8 Å². The molecule has 1 N–H and O–H groups in total. The van der Waals surface area contributed by atoms with Crippen LogP contribution in [-0.2, 0) is 4.74 Å². The number of amides is 2. The molecule has 0 aromatic heterocycles. The lowest BCUT2D eigenvalue weighted by atomic mass is 10.1. The van der Waals surface area contributed by atoms with Crippen molar-refractivity contribution >= 4 is 11.7 Å². The summed E-state index contributed by atoms with van der Waals surface area (Å²) in [5.41, 5.74) is -0.147. The number of ether oxygens (including phenoxy) is 1. The molecule has 0 saturated carbocycles. The van der Waals surface area contributed by atoms with Gasteiger partial charge < -0.3 is 15.0 Å². The molecule has 1 aromatic rings. The lowest BCUT2D eigenvalue weighted by Gasteiger charge is -2.34. The minimum absolute atomic E-state index is 0.147. The van der Waals surface area contributed by atoms with E-state index in [9.17, 15) is 22.4 Å². The lowest BCUT2D eigenvalue weighted by molar-refractivity contribution is -0.146. The average molecular weight is 320 g/mol. The Morgan fingerprint density at radius 1 is 1.27 bits per heavy atom. The van der Waals surface area contributed by atoms with Crippen molar-refractivity contribution in [1.82, 2.24) is 4.90 Å². The van der Waals surface area contributed by atoms with E-state index in [0.29, 0.717) is 31.0 Å². The number of anilines is 1. The number of carbonyl (C=O) groups is 1. The van der Waals surface area contributed by atoms with E-state index in [1.807, 2.05) is 0 Å². The van der Waals surface area contributed by atoms with Crippen molar-refractivity contribution in [2.45, 2.75) is 25.1 Å². The third-order valence-electron chi connectivity index (χ3n) is 3.36. The van der Waals surface area contributed by atoms with Gasteiger partial charge in [-0.05, 0) is 25.0 Å². The molecule has 1 heterocycles. The number of nitrogens with zero attached hydrogens (tertiary/aromatic N) is 1. The van der Waals surface area contributed by atoms with Gasteiger partial charge in [0.1, 0.15) is 12.4 Å². The van der Waals surface area contributed by atoms with E-state index in [2.05, 4.69) is 5.32 Å². The Bertz CT molecular complexity index is 516. The first kappa shape index (κ1) is 16.5. The minimum Gasteiger partial charge on any atom is -0.381 e. The largest absolute Gasteiger partial charge is 0.406 e. The number of urea groups is 1. The van der Waals surface area contributed by atoms with Crippen LogP contribution in [0.25, 0.3) is 0 Å². The summed E-state index contributed by atoms with van der Waals surface area (Å²) in [5.74, 6) is -0.699. The van der Waals surface area contributed by atoms with Gasteiger partial charge in [0.25, 0.3) is 0 Å². The molecule has 0 aliphatic carbocycles. The zero-order valence-electron chi connectivity index (χ0n) is 11.7. The van der Waals surface area contributed by atoms with Gasteiger partial charge in [-0.15, -0.1) is 0 Å². The zero-order chi connectivity index (χ0) is 16.2. The van der Waals surface area contributed by atoms with Crippen LogP contribution in [0.2, 0.25) is 0 Å². The maximum Gasteiger partial charge on any atom is 0.406 e.